The van der Waals surface area contributed by atoms with E-state index in [0.29, 0.717) is 28.5 Å². The molecule has 2 saturated carbocycles. The van der Waals surface area contributed by atoms with Crippen molar-refractivity contribution in [2.45, 2.75) is 117 Å². The van der Waals surface area contributed by atoms with Crippen molar-refractivity contribution in [1.82, 2.24) is 0 Å². The van der Waals surface area contributed by atoms with E-state index in [4.69, 9.17) is 24.1 Å². The smallest absolute Gasteiger partial charge is 0.393 e. The first-order valence-corrected chi connectivity index (χ1v) is 15.3. The highest BCUT2D eigenvalue weighted by Gasteiger charge is 2.63. The summed E-state index contributed by atoms with van der Waals surface area (Å²) in [5.41, 5.74) is 4.76. The number of nitrogens with one attached hydrogen (secondary N) is 1. The van der Waals surface area contributed by atoms with Gasteiger partial charge < -0.3 is 10.8 Å². The van der Waals surface area contributed by atoms with Crippen molar-refractivity contribution < 1.29 is 31.2 Å². The van der Waals surface area contributed by atoms with E-state index < -0.39 is 15.6 Å². The predicted octanol–water partition coefficient (Wildman–Crippen LogP) is 6.84. The number of nitrogens with two attached hydrogens (primary N) is 1. The average Bonchev–Trinajstić information content (AvgIpc) is 3.05. The van der Waals surface area contributed by atoms with Gasteiger partial charge in [-0.3, -0.25) is 9.96 Å². The standard InChI is InChI=1S/C27H46N2O.CHF3O3S/c1-17(7-10-23(28)29)18-11-15-27(6)20-8-9-21-24(2,3)22(30)13-14-25(21,4)19(20)12-16-26(18,27)5;2-1(3,4)8(5,6)7/h17-18,21-22,30H,7-16H2,1-6H3,(H3,28,29);(H,5,6,7)/t17-,18-,21+,22+,25-,26-,27+;/m1./s1. The van der Waals surface area contributed by atoms with E-state index in [-0.39, 0.29) is 16.9 Å². The maximum absolute atomic E-state index is 10.8. The SMILES string of the molecule is C[C@H](CCC(=N)N)[C@H]1CC[C@@]2(C)C3=C(CC[C@]12C)[C@@]1(C)CC[C@H](O)C(C)(C)[C@@H]1CC3.O=S(=O)(O)C(F)(F)F. The van der Waals surface area contributed by atoms with Crippen LogP contribution in [-0.4, -0.2) is 35.5 Å². The minimum Gasteiger partial charge on any atom is -0.393 e. The van der Waals surface area contributed by atoms with Crippen LogP contribution in [0, 0.1) is 44.8 Å². The fourth-order valence-corrected chi connectivity index (χ4v) is 9.21. The van der Waals surface area contributed by atoms with E-state index in [0.717, 1.165) is 31.6 Å². The number of aliphatic hydroxyl groups is 1. The molecule has 0 heterocycles. The van der Waals surface area contributed by atoms with Gasteiger partial charge in [0.25, 0.3) is 0 Å². The fraction of sp³-hybridized carbons (Fsp3) is 0.893. The summed E-state index contributed by atoms with van der Waals surface area (Å²) in [6, 6.07) is 0. The van der Waals surface area contributed by atoms with Crippen molar-refractivity contribution in [3.8, 4) is 0 Å². The molecular formula is C28H47F3N2O4S. The van der Waals surface area contributed by atoms with Gasteiger partial charge >= 0.3 is 15.6 Å². The first-order valence-electron chi connectivity index (χ1n) is 13.9. The summed E-state index contributed by atoms with van der Waals surface area (Å²) in [6.07, 6.45) is 11.5. The van der Waals surface area contributed by atoms with E-state index in [2.05, 4.69) is 41.5 Å². The molecule has 0 spiro atoms. The summed E-state index contributed by atoms with van der Waals surface area (Å²) in [4.78, 5) is 0. The molecule has 0 unspecified atom stereocenters. The van der Waals surface area contributed by atoms with Crippen molar-refractivity contribution in [1.29, 1.82) is 5.41 Å². The van der Waals surface area contributed by atoms with Gasteiger partial charge in [0.05, 0.1) is 11.9 Å². The molecule has 4 rings (SSSR count). The Balaban J connectivity index is 0.000000436. The Labute approximate surface area is 226 Å². The monoisotopic (exact) mass is 564 g/mol. The van der Waals surface area contributed by atoms with Crippen LogP contribution in [0.4, 0.5) is 13.2 Å². The third kappa shape index (κ3) is 5.06. The minimum absolute atomic E-state index is 0.0204. The molecule has 0 saturated heterocycles. The van der Waals surface area contributed by atoms with Crippen LogP contribution in [0.15, 0.2) is 11.1 Å². The van der Waals surface area contributed by atoms with Crippen LogP contribution in [0.2, 0.25) is 0 Å². The molecule has 0 aromatic heterocycles. The molecule has 2 fully saturated rings. The lowest BCUT2D eigenvalue weighted by molar-refractivity contribution is -0.0962. The van der Waals surface area contributed by atoms with Crippen molar-refractivity contribution in [3.05, 3.63) is 11.1 Å². The van der Waals surface area contributed by atoms with Gasteiger partial charge in [-0.25, -0.2) is 0 Å². The Morgan fingerprint density at radius 2 is 1.63 bits per heavy atom. The molecule has 6 nitrogen and oxygen atoms in total. The maximum atomic E-state index is 10.8. The van der Waals surface area contributed by atoms with Crippen LogP contribution >= 0.6 is 0 Å². The molecule has 5 N–H and O–H groups in total. The molecule has 220 valence electrons. The highest BCUT2D eigenvalue weighted by atomic mass is 32.2. The van der Waals surface area contributed by atoms with Crippen molar-refractivity contribution in [3.63, 3.8) is 0 Å². The van der Waals surface area contributed by atoms with Crippen LogP contribution < -0.4 is 5.73 Å². The summed E-state index contributed by atoms with van der Waals surface area (Å²) in [6.45, 7) is 14.8. The van der Waals surface area contributed by atoms with Crippen LogP contribution in [0.1, 0.15) is 106 Å². The number of fused-ring (bicyclic) bond motifs is 4. The summed E-state index contributed by atoms with van der Waals surface area (Å²) in [5.74, 6) is 2.33. The number of alkyl halides is 3. The lowest BCUT2D eigenvalue weighted by Crippen LogP contribution is -2.55. The Bertz CT molecular complexity index is 1070. The molecule has 0 aliphatic heterocycles. The van der Waals surface area contributed by atoms with E-state index in [9.17, 15) is 18.3 Å². The van der Waals surface area contributed by atoms with Gasteiger partial charge in [-0.1, -0.05) is 52.7 Å². The normalized spacial score (nSPS) is 39.3. The molecule has 38 heavy (non-hydrogen) atoms. The summed E-state index contributed by atoms with van der Waals surface area (Å²) >= 11 is 0. The Kier molecular flexibility index (Phi) is 8.31. The predicted molar refractivity (Wildman–Crippen MR) is 143 cm³/mol. The molecule has 0 aromatic rings. The van der Waals surface area contributed by atoms with Gasteiger partial charge in [0.2, 0.25) is 0 Å². The van der Waals surface area contributed by atoms with E-state index >= 15 is 0 Å². The van der Waals surface area contributed by atoms with E-state index in [1.165, 1.54) is 38.5 Å². The lowest BCUT2D eigenvalue weighted by atomic mass is 9.43. The molecular weight excluding hydrogens is 517 g/mol. The lowest BCUT2D eigenvalue weighted by Gasteiger charge is -2.62. The molecule has 0 radical (unpaired) electrons. The number of halogens is 3. The Morgan fingerprint density at radius 3 is 2.16 bits per heavy atom. The molecule has 10 heteroatoms. The summed E-state index contributed by atoms with van der Waals surface area (Å²) in [7, 11) is -5.84. The van der Waals surface area contributed by atoms with Crippen molar-refractivity contribution >= 4 is 16.0 Å². The average molecular weight is 565 g/mol. The van der Waals surface area contributed by atoms with Crippen LogP contribution in [-0.2, 0) is 10.1 Å². The van der Waals surface area contributed by atoms with Gasteiger partial charge in [-0.2, -0.15) is 21.6 Å². The molecule has 7 atom stereocenters. The van der Waals surface area contributed by atoms with Gasteiger partial charge in [0.15, 0.2) is 0 Å². The highest BCUT2D eigenvalue weighted by Crippen LogP contribution is 2.72. The Morgan fingerprint density at radius 1 is 1.05 bits per heavy atom. The van der Waals surface area contributed by atoms with Crippen LogP contribution in [0.3, 0.4) is 0 Å². The second-order valence-corrected chi connectivity index (χ2v) is 15.1. The third-order valence-electron chi connectivity index (χ3n) is 11.6. The number of hydrogen-bond acceptors (Lipinski definition) is 4. The third-order valence-corrected chi connectivity index (χ3v) is 12.2. The van der Waals surface area contributed by atoms with Crippen molar-refractivity contribution in [2.75, 3.05) is 0 Å². The molecule has 4 aliphatic carbocycles. The van der Waals surface area contributed by atoms with Crippen molar-refractivity contribution in [2.24, 2.45) is 45.1 Å². The van der Waals surface area contributed by atoms with Gasteiger partial charge in [-0.15, -0.1) is 0 Å². The molecule has 0 aromatic carbocycles. The number of allylic oxidation sites excluding steroid dienone is 2. The Hall–Kier alpha value is -1.13. The second-order valence-electron chi connectivity index (χ2n) is 13.7. The zero-order chi connectivity index (χ0) is 29.1. The number of hydrogen-bond donors (Lipinski definition) is 4. The van der Waals surface area contributed by atoms with Crippen LogP contribution in [0.25, 0.3) is 0 Å². The first-order chi connectivity index (χ1) is 17.1. The number of rotatable bonds is 4. The first kappa shape index (κ1) is 31.4. The largest absolute Gasteiger partial charge is 0.522 e. The highest BCUT2D eigenvalue weighted by molar-refractivity contribution is 7.86. The summed E-state index contributed by atoms with van der Waals surface area (Å²) in [5, 5.41) is 18.4. The second kappa shape index (κ2) is 10.1. The number of aliphatic hydroxyl groups excluding tert-OH is 1. The van der Waals surface area contributed by atoms with Gasteiger partial charge in [0.1, 0.15) is 0 Å². The maximum Gasteiger partial charge on any atom is 0.522 e. The fourth-order valence-electron chi connectivity index (χ4n) is 9.21. The zero-order valence-electron chi connectivity index (χ0n) is 23.7. The number of amidine groups is 1. The zero-order valence-corrected chi connectivity index (χ0v) is 24.5. The quantitative estimate of drug-likeness (QED) is 0.0978. The minimum atomic E-state index is -5.84. The summed E-state index contributed by atoms with van der Waals surface area (Å²) < 4.78 is 57.5. The molecule has 4 aliphatic rings. The topological polar surface area (TPSA) is 124 Å². The van der Waals surface area contributed by atoms with E-state index in [1.54, 1.807) is 5.57 Å². The van der Waals surface area contributed by atoms with E-state index in [1.807, 2.05) is 5.57 Å². The van der Waals surface area contributed by atoms with Crippen LogP contribution in [0.5, 0.6) is 0 Å². The molecule has 0 bridgehead atoms. The molecule has 0 amide bonds. The van der Waals surface area contributed by atoms with Gasteiger partial charge in [-0.05, 0) is 97.2 Å². The van der Waals surface area contributed by atoms with Gasteiger partial charge in [0, 0.05) is 6.42 Å².